The van der Waals surface area contributed by atoms with Crippen molar-refractivity contribution in [1.82, 2.24) is 4.90 Å². The summed E-state index contributed by atoms with van der Waals surface area (Å²) in [5, 5.41) is 7.00. The zero-order chi connectivity index (χ0) is 12.9. The molecule has 0 rings (SSSR count). The van der Waals surface area contributed by atoms with Gasteiger partial charge < -0.3 is 5.73 Å². The molecule has 6 heteroatoms. The van der Waals surface area contributed by atoms with Gasteiger partial charge in [0, 0.05) is 12.6 Å². The van der Waals surface area contributed by atoms with Crippen molar-refractivity contribution in [1.29, 1.82) is 5.41 Å². The predicted molar refractivity (Wildman–Crippen MR) is 58.5 cm³/mol. The topological polar surface area (TPSA) is 53.1 Å². The standard InChI is InChI=1S/C10H20F3N3/c1-4-5-16(7(2)3)6-8(9(14)15)10(11,12)13/h7-8H,4-6H2,1-3H3,(H3,14,15). The summed E-state index contributed by atoms with van der Waals surface area (Å²) >= 11 is 0. The zero-order valence-electron chi connectivity index (χ0n) is 9.93. The van der Waals surface area contributed by atoms with Crippen molar-refractivity contribution in [2.75, 3.05) is 13.1 Å². The third kappa shape index (κ3) is 4.83. The molecule has 0 aliphatic heterocycles. The van der Waals surface area contributed by atoms with E-state index in [-0.39, 0.29) is 12.6 Å². The van der Waals surface area contributed by atoms with Crippen molar-refractivity contribution in [3.63, 3.8) is 0 Å². The van der Waals surface area contributed by atoms with Crippen LogP contribution in [0, 0.1) is 11.3 Å². The highest BCUT2D eigenvalue weighted by molar-refractivity contribution is 5.80. The molecule has 0 aliphatic rings. The highest BCUT2D eigenvalue weighted by Crippen LogP contribution is 2.27. The first-order valence-electron chi connectivity index (χ1n) is 5.34. The van der Waals surface area contributed by atoms with E-state index in [1.807, 2.05) is 20.8 Å². The molecular weight excluding hydrogens is 219 g/mol. The third-order valence-electron chi connectivity index (χ3n) is 2.43. The first-order chi connectivity index (χ1) is 7.20. The second kappa shape index (κ2) is 6.08. The first kappa shape index (κ1) is 15.2. The SMILES string of the molecule is CCCN(CC(C(=N)N)C(F)(F)F)C(C)C. The lowest BCUT2D eigenvalue weighted by atomic mass is 10.1. The number of nitrogens with two attached hydrogens (primary N) is 1. The molecular formula is C10H20F3N3. The Labute approximate surface area is 94.3 Å². The van der Waals surface area contributed by atoms with E-state index in [1.165, 1.54) is 0 Å². The lowest BCUT2D eigenvalue weighted by Crippen LogP contribution is -2.46. The van der Waals surface area contributed by atoms with Crippen LogP contribution in [0.5, 0.6) is 0 Å². The van der Waals surface area contributed by atoms with Crippen LogP contribution in [0.2, 0.25) is 0 Å². The smallest absolute Gasteiger partial charge is 0.387 e. The van der Waals surface area contributed by atoms with Crippen molar-refractivity contribution in [3.8, 4) is 0 Å². The third-order valence-corrected chi connectivity index (χ3v) is 2.43. The van der Waals surface area contributed by atoms with Gasteiger partial charge in [-0.25, -0.2) is 0 Å². The summed E-state index contributed by atoms with van der Waals surface area (Å²) in [5.74, 6) is -2.67. The van der Waals surface area contributed by atoms with Gasteiger partial charge in [-0.2, -0.15) is 13.2 Å². The number of halogens is 3. The van der Waals surface area contributed by atoms with Crippen LogP contribution in [0.25, 0.3) is 0 Å². The summed E-state index contributed by atoms with van der Waals surface area (Å²) in [6.07, 6.45) is -3.66. The summed E-state index contributed by atoms with van der Waals surface area (Å²) < 4.78 is 37.8. The summed E-state index contributed by atoms with van der Waals surface area (Å²) in [7, 11) is 0. The summed E-state index contributed by atoms with van der Waals surface area (Å²) in [6, 6.07) is 0.0177. The van der Waals surface area contributed by atoms with E-state index in [1.54, 1.807) is 4.90 Å². The molecule has 16 heavy (non-hydrogen) atoms. The molecule has 0 bridgehead atoms. The second-order valence-corrected chi connectivity index (χ2v) is 4.14. The number of hydrogen-bond donors (Lipinski definition) is 2. The Morgan fingerprint density at radius 1 is 1.38 bits per heavy atom. The number of nitrogens with zero attached hydrogens (tertiary/aromatic N) is 1. The minimum Gasteiger partial charge on any atom is -0.387 e. The van der Waals surface area contributed by atoms with Crippen LogP contribution in [0.3, 0.4) is 0 Å². The number of alkyl halides is 3. The largest absolute Gasteiger partial charge is 0.399 e. The minimum atomic E-state index is -4.44. The molecule has 3 nitrogen and oxygen atoms in total. The van der Waals surface area contributed by atoms with Gasteiger partial charge in [0.1, 0.15) is 11.8 Å². The molecule has 96 valence electrons. The van der Waals surface area contributed by atoms with E-state index in [2.05, 4.69) is 0 Å². The maximum absolute atomic E-state index is 12.6. The molecule has 0 aromatic rings. The van der Waals surface area contributed by atoms with Crippen LogP contribution in [-0.2, 0) is 0 Å². The number of rotatable bonds is 6. The Balaban J connectivity index is 4.65. The van der Waals surface area contributed by atoms with Gasteiger partial charge >= 0.3 is 6.18 Å². The molecule has 0 saturated carbocycles. The molecule has 0 fully saturated rings. The molecule has 3 N–H and O–H groups in total. The molecule has 1 atom stereocenters. The molecule has 0 aromatic heterocycles. The normalized spacial score (nSPS) is 14.5. The molecule has 0 aliphatic carbocycles. The second-order valence-electron chi connectivity index (χ2n) is 4.14. The lowest BCUT2D eigenvalue weighted by molar-refractivity contribution is -0.160. The van der Waals surface area contributed by atoms with Gasteiger partial charge in [-0.05, 0) is 26.8 Å². The fourth-order valence-corrected chi connectivity index (χ4v) is 1.46. The van der Waals surface area contributed by atoms with Crippen LogP contribution in [-0.4, -0.2) is 36.0 Å². The fraction of sp³-hybridized carbons (Fsp3) is 0.900. The fourth-order valence-electron chi connectivity index (χ4n) is 1.46. The molecule has 0 spiro atoms. The molecule has 1 unspecified atom stereocenters. The van der Waals surface area contributed by atoms with Gasteiger partial charge in [0.25, 0.3) is 0 Å². The predicted octanol–water partition coefficient (Wildman–Crippen LogP) is 2.22. The average Bonchev–Trinajstić information content (AvgIpc) is 2.08. The average molecular weight is 239 g/mol. The zero-order valence-corrected chi connectivity index (χ0v) is 9.93. The van der Waals surface area contributed by atoms with Crippen LogP contribution in [0.1, 0.15) is 27.2 Å². The number of nitrogens with one attached hydrogen (secondary N) is 1. The van der Waals surface area contributed by atoms with E-state index in [0.717, 1.165) is 6.42 Å². The molecule has 0 aromatic carbocycles. The molecule has 0 heterocycles. The Kier molecular flexibility index (Phi) is 5.78. The quantitative estimate of drug-likeness (QED) is 0.551. The summed E-state index contributed by atoms with van der Waals surface area (Å²) in [6.45, 7) is 5.93. The van der Waals surface area contributed by atoms with Crippen molar-refractivity contribution in [2.45, 2.75) is 39.4 Å². The number of amidine groups is 1. The van der Waals surface area contributed by atoms with Gasteiger partial charge in [0.05, 0.1) is 0 Å². The van der Waals surface area contributed by atoms with Crippen molar-refractivity contribution < 1.29 is 13.2 Å². The van der Waals surface area contributed by atoms with Crippen LogP contribution >= 0.6 is 0 Å². The monoisotopic (exact) mass is 239 g/mol. The summed E-state index contributed by atoms with van der Waals surface area (Å²) in [4.78, 5) is 1.69. The molecule has 0 radical (unpaired) electrons. The van der Waals surface area contributed by atoms with Crippen molar-refractivity contribution in [2.24, 2.45) is 11.7 Å². The van der Waals surface area contributed by atoms with E-state index < -0.39 is 17.9 Å². The molecule has 0 saturated heterocycles. The van der Waals surface area contributed by atoms with E-state index >= 15 is 0 Å². The van der Waals surface area contributed by atoms with Crippen LogP contribution in [0.4, 0.5) is 13.2 Å². The van der Waals surface area contributed by atoms with E-state index in [9.17, 15) is 13.2 Å². The van der Waals surface area contributed by atoms with Gasteiger partial charge in [-0.3, -0.25) is 10.3 Å². The lowest BCUT2D eigenvalue weighted by Gasteiger charge is -2.30. The van der Waals surface area contributed by atoms with Crippen molar-refractivity contribution >= 4 is 5.84 Å². The van der Waals surface area contributed by atoms with Crippen molar-refractivity contribution in [3.05, 3.63) is 0 Å². The van der Waals surface area contributed by atoms with Gasteiger partial charge in [-0.1, -0.05) is 6.92 Å². The Bertz CT molecular complexity index is 226. The van der Waals surface area contributed by atoms with Gasteiger partial charge in [-0.15, -0.1) is 0 Å². The maximum atomic E-state index is 12.6. The van der Waals surface area contributed by atoms with Crippen LogP contribution in [0.15, 0.2) is 0 Å². The van der Waals surface area contributed by atoms with Gasteiger partial charge in [0.2, 0.25) is 0 Å². The summed E-state index contributed by atoms with van der Waals surface area (Å²) in [5.41, 5.74) is 5.00. The Hall–Kier alpha value is -0.780. The van der Waals surface area contributed by atoms with E-state index in [4.69, 9.17) is 11.1 Å². The first-order valence-corrected chi connectivity index (χ1v) is 5.34. The molecule has 0 amide bonds. The minimum absolute atomic E-state index is 0.0177. The maximum Gasteiger partial charge on any atom is 0.399 e. The van der Waals surface area contributed by atoms with E-state index in [0.29, 0.717) is 6.54 Å². The Morgan fingerprint density at radius 3 is 2.12 bits per heavy atom. The highest BCUT2D eigenvalue weighted by atomic mass is 19.4. The van der Waals surface area contributed by atoms with Gasteiger partial charge in [0.15, 0.2) is 0 Å². The van der Waals surface area contributed by atoms with Crippen LogP contribution < -0.4 is 5.73 Å². The highest BCUT2D eigenvalue weighted by Gasteiger charge is 2.42. The number of hydrogen-bond acceptors (Lipinski definition) is 2. The Morgan fingerprint density at radius 2 is 1.88 bits per heavy atom.